The minimum absolute atomic E-state index is 0. The zero-order chi connectivity index (χ0) is 6.91. The van der Waals surface area contributed by atoms with Gasteiger partial charge in [0.15, 0.2) is 0 Å². The smallest absolute Gasteiger partial charge is 0.00498 e. The monoisotopic (exact) mass is 414 g/mol. The maximum atomic E-state index is 4.55. The average Bonchev–Trinajstić information content (AvgIpc) is 2.15. The third-order valence-corrected chi connectivity index (χ3v) is 6.43. The fraction of sp³-hybridized carbons (Fsp3) is 1.00. The van der Waals surface area contributed by atoms with E-state index in [0.29, 0.717) is 0 Å². The van der Waals surface area contributed by atoms with Crippen LogP contribution in [0.5, 0.6) is 0 Å². The Morgan fingerprint density at radius 3 is 2.50 bits per heavy atom. The fourth-order valence-electron chi connectivity index (χ4n) is 1.02. The van der Waals surface area contributed by atoms with E-state index in [1.165, 1.54) is 12.8 Å². The van der Waals surface area contributed by atoms with Gasteiger partial charge in [0.1, 0.15) is 0 Å². The molecule has 1 heterocycles. The van der Waals surface area contributed by atoms with Crippen LogP contribution in [-0.4, -0.2) is 14.0 Å². The van der Waals surface area contributed by atoms with Crippen molar-refractivity contribution in [2.75, 3.05) is 6.54 Å². The Labute approximate surface area is 103 Å². The van der Waals surface area contributed by atoms with Gasteiger partial charge in [-0.1, -0.05) is 45.9 Å². The number of hydrogen-bond donors (Lipinski definition) is 0. The van der Waals surface area contributed by atoms with Crippen molar-refractivity contribution < 1.29 is 19.5 Å². The molecule has 1 rings (SSSR count). The first kappa shape index (κ1) is 12.0. The summed E-state index contributed by atoms with van der Waals surface area (Å²) in [5, 5.41) is 4.55. The van der Waals surface area contributed by atoms with E-state index in [4.69, 9.17) is 0 Å². The Morgan fingerprint density at radius 2 is 2.30 bits per heavy atom. The van der Waals surface area contributed by atoms with Crippen LogP contribution in [0.15, 0.2) is 0 Å². The van der Waals surface area contributed by atoms with Crippen molar-refractivity contribution in [2.24, 2.45) is 0 Å². The predicted molar refractivity (Wildman–Crippen MR) is 57.7 cm³/mol. The molecular formula is C6H10I2NZn-. The summed E-state index contributed by atoms with van der Waals surface area (Å²) in [6.07, 6.45) is 2.46. The van der Waals surface area contributed by atoms with Gasteiger partial charge in [-0.25, -0.2) is 0 Å². The van der Waals surface area contributed by atoms with Crippen molar-refractivity contribution in [1.29, 1.82) is 0 Å². The summed E-state index contributed by atoms with van der Waals surface area (Å²) in [6.45, 7) is 3.29. The molecule has 1 saturated heterocycles. The molecule has 1 nitrogen and oxygen atoms in total. The van der Waals surface area contributed by atoms with Crippen LogP contribution in [0.2, 0.25) is 0 Å². The third kappa shape index (κ3) is 2.52. The molecule has 10 heavy (non-hydrogen) atoms. The SMILES string of the molecule is CCC1(I)[N-]CCC1I.[Zn]. The topological polar surface area (TPSA) is 14.1 Å². The molecule has 0 amide bonds. The Bertz CT molecular complexity index is 112. The summed E-state index contributed by atoms with van der Waals surface area (Å²) >= 11 is 4.99. The fourth-order valence-corrected chi connectivity index (χ4v) is 2.49. The third-order valence-electron chi connectivity index (χ3n) is 1.73. The number of rotatable bonds is 1. The second-order valence-corrected chi connectivity index (χ2v) is 5.68. The summed E-state index contributed by atoms with van der Waals surface area (Å²) in [5.41, 5.74) is 0. The van der Waals surface area contributed by atoms with E-state index in [1.54, 1.807) is 0 Å². The largest absolute Gasteiger partial charge is 0.647 e. The maximum Gasteiger partial charge on any atom is 0.00498 e. The second-order valence-electron chi connectivity index (χ2n) is 2.31. The van der Waals surface area contributed by atoms with Crippen LogP contribution < -0.4 is 0 Å². The van der Waals surface area contributed by atoms with E-state index in [9.17, 15) is 0 Å². The molecule has 0 aromatic heterocycles. The van der Waals surface area contributed by atoms with Gasteiger partial charge < -0.3 is 5.32 Å². The maximum absolute atomic E-state index is 4.55. The molecule has 2 atom stereocenters. The van der Waals surface area contributed by atoms with E-state index in [0.717, 1.165) is 10.5 Å². The molecule has 0 aromatic carbocycles. The van der Waals surface area contributed by atoms with Gasteiger partial charge in [-0.15, -0.1) is 29.1 Å². The summed E-state index contributed by atoms with van der Waals surface area (Å²) in [4.78, 5) is 0. The van der Waals surface area contributed by atoms with E-state index in [2.05, 4.69) is 57.4 Å². The number of halogens is 2. The molecule has 56 valence electrons. The first-order chi connectivity index (χ1) is 4.19. The van der Waals surface area contributed by atoms with Crippen molar-refractivity contribution in [3.8, 4) is 0 Å². The Hall–Kier alpha value is 2.04. The normalized spacial score (nSPS) is 39.3. The van der Waals surface area contributed by atoms with E-state index in [1.807, 2.05) is 0 Å². The van der Waals surface area contributed by atoms with Gasteiger partial charge in [0.05, 0.1) is 0 Å². The minimum atomic E-state index is 0. The molecule has 0 N–H and O–H groups in total. The quantitative estimate of drug-likeness (QED) is 0.271. The summed E-state index contributed by atoms with van der Waals surface area (Å²) in [7, 11) is 0. The number of alkyl halides is 2. The van der Waals surface area contributed by atoms with Crippen LogP contribution in [0.25, 0.3) is 5.32 Å². The first-order valence-electron chi connectivity index (χ1n) is 3.20. The van der Waals surface area contributed by atoms with Gasteiger partial charge in [-0.05, 0) is 0 Å². The molecule has 0 spiro atoms. The van der Waals surface area contributed by atoms with E-state index >= 15 is 0 Å². The molecular weight excluding hydrogens is 405 g/mol. The summed E-state index contributed by atoms with van der Waals surface area (Å²) in [6, 6.07) is 0. The Morgan fingerprint density at radius 1 is 1.70 bits per heavy atom. The standard InChI is InChI=1S/C6H10I2N.Zn/c1-2-6(8)5(7)3-4-9-6;/h5H,2-4H2,1H3;/q-1;. The zero-order valence-corrected chi connectivity index (χ0v) is 13.4. The Balaban J connectivity index is 0.000000810. The molecule has 0 aromatic rings. The van der Waals surface area contributed by atoms with Crippen molar-refractivity contribution in [2.45, 2.75) is 27.2 Å². The van der Waals surface area contributed by atoms with Gasteiger partial charge in [0, 0.05) is 23.4 Å². The first-order valence-corrected chi connectivity index (χ1v) is 5.53. The van der Waals surface area contributed by atoms with Gasteiger partial charge >= 0.3 is 0 Å². The second kappa shape index (κ2) is 4.92. The predicted octanol–water partition coefficient (Wildman–Crippen LogP) is 3.11. The number of nitrogens with zero attached hydrogens (tertiary/aromatic N) is 1. The van der Waals surface area contributed by atoms with Crippen molar-refractivity contribution in [3.63, 3.8) is 0 Å². The average molecular weight is 415 g/mol. The number of hydrogen-bond acceptors (Lipinski definition) is 0. The molecule has 1 aliphatic rings. The van der Waals surface area contributed by atoms with Crippen molar-refractivity contribution in [1.82, 2.24) is 0 Å². The molecule has 0 radical (unpaired) electrons. The van der Waals surface area contributed by atoms with Crippen LogP contribution in [0, 0.1) is 0 Å². The van der Waals surface area contributed by atoms with Crippen LogP contribution >= 0.6 is 45.2 Å². The molecule has 4 heteroatoms. The molecule has 0 bridgehead atoms. The summed E-state index contributed by atoms with van der Waals surface area (Å²) in [5.74, 6) is 0. The van der Waals surface area contributed by atoms with Crippen LogP contribution in [0.1, 0.15) is 19.8 Å². The van der Waals surface area contributed by atoms with Gasteiger partial charge in [-0.2, -0.15) is 0 Å². The molecule has 2 unspecified atom stereocenters. The van der Waals surface area contributed by atoms with Crippen molar-refractivity contribution in [3.05, 3.63) is 5.32 Å². The van der Waals surface area contributed by atoms with Crippen LogP contribution in [-0.2, 0) is 19.5 Å². The molecule has 0 saturated carbocycles. The van der Waals surface area contributed by atoms with Gasteiger partial charge in [-0.3, -0.25) is 0 Å². The molecule has 1 fully saturated rings. The van der Waals surface area contributed by atoms with Crippen LogP contribution in [0.4, 0.5) is 0 Å². The van der Waals surface area contributed by atoms with E-state index in [-0.39, 0.29) is 23.0 Å². The van der Waals surface area contributed by atoms with Gasteiger partial charge in [0.25, 0.3) is 0 Å². The zero-order valence-electron chi connectivity index (χ0n) is 6.11. The van der Waals surface area contributed by atoms with E-state index < -0.39 is 0 Å². The Kier molecular flexibility index (Phi) is 5.93. The van der Waals surface area contributed by atoms with Crippen LogP contribution in [0.3, 0.4) is 0 Å². The summed E-state index contributed by atoms with van der Waals surface area (Å²) < 4.78 is 1.04. The minimum Gasteiger partial charge on any atom is -0.647 e. The molecule has 1 aliphatic heterocycles. The van der Waals surface area contributed by atoms with Crippen molar-refractivity contribution >= 4 is 45.2 Å². The van der Waals surface area contributed by atoms with Gasteiger partial charge in [0.2, 0.25) is 0 Å². The molecule has 0 aliphatic carbocycles.